The van der Waals surface area contributed by atoms with Gasteiger partial charge in [0, 0.05) is 11.7 Å². The lowest BCUT2D eigenvalue weighted by Crippen LogP contribution is -2.42. The molecule has 4 atom stereocenters. The third-order valence-corrected chi connectivity index (χ3v) is 4.69. The number of amides is 1. The van der Waals surface area contributed by atoms with Crippen LogP contribution in [0.2, 0.25) is 0 Å². The zero-order valence-electron chi connectivity index (χ0n) is 11.1. The Morgan fingerprint density at radius 1 is 1.26 bits per heavy atom. The molecule has 3 N–H and O–H groups in total. The van der Waals surface area contributed by atoms with Gasteiger partial charge in [-0.2, -0.15) is 0 Å². The highest BCUT2D eigenvalue weighted by Gasteiger charge is 2.49. The van der Waals surface area contributed by atoms with Crippen molar-refractivity contribution in [2.75, 3.05) is 5.32 Å². The van der Waals surface area contributed by atoms with Crippen molar-refractivity contribution < 1.29 is 4.79 Å². The number of carbonyl (C=O) groups is 1. The molecule has 2 aliphatic rings. The van der Waals surface area contributed by atoms with Crippen molar-refractivity contribution in [3.05, 3.63) is 29.8 Å². The molecular weight excluding hydrogens is 260 g/mol. The molecule has 2 fully saturated rings. The van der Waals surface area contributed by atoms with Gasteiger partial charge in [-0.25, -0.2) is 0 Å². The van der Waals surface area contributed by atoms with Crippen molar-refractivity contribution in [3.63, 3.8) is 0 Å². The van der Waals surface area contributed by atoms with E-state index in [9.17, 15) is 4.79 Å². The maximum atomic E-state index is 12.4. The summed E-state index contributed by atoms with van der Waals surface area (Å²) in [4.78, 5) is 12.4. The van der Waals surface area contributed by atoms with Crippen molar-refractivity contribution in [2.45, 2.75) is 32.2 Å². The minimum atomic E-state index is 0. The first-order valence-electron chi connectivity index (χ1n) is 6.79. The predicted molar refractivity (Wildman–Crippen MR) is 79.4 cm³/mol. The molecule has 4 unspecified atom stereocenters. The number of anilines is 1. The number of hydrogen-bond acceptors (Lipinski definition) is 2. The van der Waals surface area contributed by atoms with Crippen LogP contribution in [0, 0.1) is 24.7 Å². The topological polar surface area (TPSA) is 55.1 Å². The Balaban J connectivity index is 0.00000133. The molecule has 1 aromatic carbocycles. The normalized spacial score (nSPS) is 31.9. The van der Waals surface area contributed by atoms with Gasteiger partial charge in [-0.05, 0) is 49.7 Å². The molecule has 0 aliphatic heterocycles. The third kappa shape index (κ3) is 2.49. The van der Waals surface area contributed by atoms with E-state index < -0.39 is 0 Å². The smallest absolute Gasteiger partial charge is 0.229 e. The Morgan fingerprint density at radius 3 is 2.58 bits per heavy atom. The summed E-state index contributed by atoms with van der Waals surface area (Å²) in [6.45, 7) is 2.01. The summed E-state index contributed by atoms with van der Waals surface area (Å²) in [5.74, 6) is 1.21. The number of hydrogen-bond donors (Lipinski definition) is 2. The van der Waals surface area contributed by atoms with Crippen LogP contribution in [0.25, 0.3) is 0 Å². The summed E-state index contributed by atoms with van der Waals surface area (Å²) in [7, 11) is 0. The number of para-hydroxylation sites is 1. The Bertz CT molecular complexity index is 475. The molecule has 0 radical (unpaired) electrons. The van der Waals surface area contributed by atoms with Gasteiger partial charge in [0.2, 0.25) is 5.91 Å². The van der Waals surface area contributed by atoms with Crippen LogP contribution in [-0.2, 0) is 4.79 Å². The summed E-state index contributed by atoms with van der Waals surface area (Å²) in [6, 6.07) is 7.95. The van der Waals surface area contributed by atoms with Gasteiger partial charge >= 0.3 is 0 Å². The molecule has 104 valence electrons. The van der Waals surface area contributed by atoms with Crippen LogP contribution in [0.5, 0.6) is 0 Å². The number of nitrogens with one attached hydrogen (secondary N) is 1. The van der Waals surface area contributed by atoms with E-state index in [0.717, 1.165) is 17.7 Å². The highest BCUT2D eigenvalue weighted by molar-refractivity contribution is 5.94. The fourth-order valence-corrected chi connectivity index (χ4v) is 3.65. The van der Waals surface area contributed by atoms with Crippen LogP contribution in [0.4, 0.5) is 5.69 Å². The predicted octanol–water partition coefficient (Wildman–Crippen LogP) is 2.73. The number of halogens is 1. The quantitative estimate of drug-likeness (QED) is 0.875. The number of rotatable bonds is 2. The molecule has 2 bridgehead atoms. The first-order valence-corrected chi connectivity index (χ1v) is 6.79. The summed E-state index contributed by atoms with van der Waals surface area (Å²) in [5, 5.41) is 3.05. The van der Waals surface area contributed by atoms with Crippen molar-refractivity contribution in [1.82, 2.24) is 0 Å². The molecule has 0 aromatic heterocycles. The largest absolute Gasteiger partial charge is 0.327 e. The first kappa shape index (κ1) is 14.4. The molecular formula is C15H21ClN2O. The SMILES string of the molecule is Cc1ccccc1NC(=O)C1C2CCC(C2)C1N.Cl. The molecule has 0 spiro atoms. The third-order valence-electron chi connectivity index (χ3n) is 4.69. The van der Waals surface area contributed by atoms with Crippen LogP contribution in [0.15, 0.2) is 24.3 Å². The fraction of sp³-hybridized carbons (Fsp3) is 0.533. The lowest BCUT2D eigenvalue weighted by molar-refractivity contribution is -0.121. The molecule has 3 nitrogen and oxygen atoms in total. The van der Waals surface area contributed by atoms with Gasteiger partial charge in [0.15, 0.2) is 0 Å². The molecule has 0 heterocycles. The summed E-state index contributed by atoms with van der Waals surface area (Å²) in [6.07, 6.45) is 3.53. The summed E-state index contributed by atoms with van der Waals surface area (Å²) >= 11 is 0. The zero-order chi connectivity index (χ0) is 12.7. The van der Waals surface area contributed by atoms with Gasteiger partial charge < -0.3 is 11.1 Å². The molecule has 3 rings (SSSR count). The monoisotopic (exact) mass is 280 g/mol. The van der Waals surface area contributed by atoms with Gasteiger partial charge in [0.1, 0.15) is 0 Å². The number of carbonyl (C=O) groups excluding carboxylic acids is 1. The van der Waals surface area contributed by atoms with Gasteiger partial charge in [-0.1, -0.05) is 18.2 Å². The summed E-state index contributed by atoms with van der Waals surface area (Å²) in [5.41, 5.74) is 8.21. The Hall–Kier alpha value is -1.06. The lowest BCUT2D eigenvalue weighted by Gasteiger charge is -2.27. The maximum Gasteiger partial charge on any atom is 0.229 e. The van der Waals surface area contributed by atoms with Crippen molar-refractivity contribution in [1.29, 1.82) is 0 Å². The van der Waals surface area contributed by atoms with E-state index in [2.05, 4.69) is 5.32 Å². The van der Waals surface area contributed by atoms with E-state index in [0.29, 0.717) is 11.8 Å². The molecule has 4 heteroatoms. The van der Waals surface area contributed by atoms with Crippen LogP contribution in [0.3, 0.4) is 0 Å². The van der Waals surface area contributed by atoms with Crippen LogP contribution in [-0.4, -0.2) is 11.9 Å². The van der Waals surface area contributed by atoms with Gasteiger partial charge in [-0.15, -0.1) is 12.4 Å². The second-order valence-corrected chi connectivity index (χ2v) is 5.74. The minimum Gasteiger partial charge on any atom is -0.327 e. The number of benzene rings is 1. The molecule has 1 aromatic rings. The average molecular weight is 281 g/mol. The molecule has 2 saturated carbocycles. The second kappa shape index (κ2) is 5.51. The maximum absolute atomic E-state index is 12.4. The van der Waals surface area contributed by atoms with Crippen LogP contribution in [0.1, 0.15) is 24.8 Å². The Kier molecular flexibility index (Phi) is 4.16. The number of nitrogens with two attached hydrogens (primary N) is 1. The van der Waals surface area contributed by atoms with Crippen molar-refractivity contribution in [2.24, 2.45) is 23.5 Å². The summed E-state index contributed by atoms with van der Waals surface area (Å²) < 4.78 is 0. The Labute approximate surface area is 120 Å². The lowest BCUT2D eigenvalue weighted by atomic mass is 9.84. The minimum absolute atomic E-state index is 0. The fourth-order valence-electron chi connectivity index (χ4n) is 3.65. The number of aryl methyl sites for hydroxylation is 1. The number of fused-ring (bicyclic) bond motifs is 2. The molecule has 2 aliphatic carbocycles. The molecule has 19 heavy (non-hydrogen) atoms. The van der Waals surface area contributed by atoms with Gasteiger partial charge in [-0.3, -0.25) is 4.79 Å². The molecule has 1 amide bonds. The van der Waals surface area contributed by atoms with Crippen LogP contribution >= 0.6 is 12.4 Å². The highest BCUT2D eigenvalue weighted by Crippen LogP contribution is 2.47. The van der Waals surface area contributed by atoms with E-state index >= 15 is 0 Å². The van der Waals surface area contributed by atoms with E-state index in [-0.39, 0.29) is 30.3 Å². The van der Waals surface area contributed by atoms with Gasteiger partial charge in [0.05, 0.1) is 5.92 Å². The van der Waals surface area contributed by atoms with E-state index in [1.807, 2.05) is 31.2 Å². The van der Waals surface area contributed by atoms with E-state index in [1.165, 1.54) is 12.8 Å². The zero-order valence-corrected chi connectivity index (χ0v) is 12.0. The molecule has 0 saturated heterocycles. The van der Waals surface area contributed by atoms with E-state index in [4.69, 9.17) is 5.73 Å². The average Bonchev–Trinajstić information content (AvgIpc) is 2.92. The van der Waals surface area contributed by atoms with E-state index in [1.54, 1.807) is 0 Å². The second-order valence-electron chi connectivity index (χ2n) is 5.74. The highest BCUT2D eigenvalue weighted by atomic mass is 35.5. The van der Waals surface area contributed by atoms with Crippen molar-refractivity contribution >= 4 is 24.0 Å². The van der Waals surface area contributed by atoms with Crippen LogP contribution < -0.4 is 11.1 Å². The Morgan fingerprint density at radius 2 is 1.95 bits per heavy atom. The van der Waals surface area contributed by atoms with Gasteiger partial charge in [0.25, 0.3) is 0 Å². The first-order chi connectivity index (χ1) is 8.66. The van der Waals surface area contributed by atoms with Crippen molar-refractivity contribution in [3.8, 4) is 0 Å². The standard InChI is InChI=1S/C15H20N2O.ClH/c1-9-4-2-3-5-12(9)17-15(18)13-10-6-7-11(8-10)14(13)16;/h2-5,10-11,13-14H,6-8,16H2,1H3,(H,17,18);1H.